The van der Waals surface area contributed by atoms with Crippen LogP contribution >= 0.6 is 0 Å². The van der Waals surface area contributed by atoms with Gasteiger partial charge in [0.2, 0.25) is 5.91 Å². The summed E-state index contributed by atoms with van der Waals surface area (Å²) in [5.41, 5.74) is 12.1. The number of piperidine rings is 1. The summed E-state index contributed by atoms with van der Waals surface area (Å²) in [6.45, 7) is 1.76. The minimum absolute atomic E-state index is 0.0156. The molecule has 1 fully saturated rings. The van der Waals surface area contributed by atoms with E-state index in [-0.39, 0.29) is 17.6 Å². The van der Waals surface area contributed by atoms with Gasteiger partial charge in [-0.3, -0.25) is 14.5 Å². The van der Waals surface area contributed by atoms with Crippen LogP contribution in [0.3, 0.4) is 0 Å². The molecular formula is C15H21N3O3. The van der Waals surface area contributed by atoms with Gasteiger partial charge in [-0.2, -0.15) is 0 Å². The van der Waals surface area contributed by atoms with E-state index in [0.29, 0.717) is 49.5 Å². The molecule has 1 aromatic rings. The minimum Gasteiger partial charge on any atom is -0.495 e. The van der Waals surface area contributed by atoms with Crippen LogP contribution in [0.1, 0.15) is 23.2 Å². The number of nitrogens with zero attached hydrogens (tertiary/aromatic N) is 1. The molecular weight excluding hydrogens is 270 g/mol. The molecule has 0 aromatic heterocycles. The number of hydrogen-bond acceptors (Lipinski definition) is 5. The van der Waals surface area contributed by atoms with Crippen molar-refractivity contribution >= 4 is 17.4 Å². The molecule has 0 bridgehead atoms. The zero-order valence-corrected chi connectivity index (χ0v) is 12.2. The van der Waals surface area contributed by atoms with Crippen LogP contribution in [0.4, 0.5) is 5.69 Å². The molecule has 0 spiro atoms. The van der Waals surface area contributed by atoms with Crippen LogP contribution in [-0.4, -0.2) is 43.3 Å². The number of carbonyl (C=O) groups is 2. The Morgan fingerprint density at radius 2 is 2.00 bits per heavy atom. The summed E-state index contributed by atoms with van der Waals surface area (Å²) in [4.78, 5) is 25.4. The quantitative estimate of drug-likeness (QED) is 0.613. The van der Waals surface area contributed by atoms with Gasteiger partial charge in [0, 0.05) is 11.5 Å². The molecule has 1 saturated heterocycles. The number of ketones is 1. The van der Waals surface area contributed by atoms with E-state index in [1.165, 1.54) is 7.11 Å². The average Bonchev–Trinajstić information content (AvgIpc) is 2.47. The molecule has 1 aliphatic rings. The topological polar surface area (TPSA) is 98.6 Å². The van der Waals surface area contributed by atoms with Crippen LogP contribution in [0, 0.1) is 5.92 Å². The molecule has 0 radical (unpaired) electrons. The van der Waals surface area contributed by atoms with Gasteiger partial charge >= 0.3 is 0 Å². The number of nitrogens with two attached hydrogens (primary N) is 2. The molecule has 1 aliphatic heterocycles. The first-order valence-corrected chi connectivity index (χ1v) is 6.99. The van der Waals surface area contributed by atoms with E-state index in [4.69, 9.17) is 16.2 Å². The smallest absolute Gasteiger partial charge is 0.220 e. The molecule has 0 aliphatic carbocycles. The van der Waals surface area contributed by atoms with E-state index >= 15 is 0 Å². The standard InChI is InChI=1S/C15H21N3O3/c1-21-14-3-2-11(8-12(14)16)13(19)9-18-6-4-10(5-7-18)15(17)20/h2-3,8,10H,4-7,9,16H2,1H3,(H2,17,20). The minimum atomic E-state index is -0.246. The number of primary amides is 1. The van der Waals surface area contributed by atoms with Crippen LogP contribution < -0.4 is 16.2 Å². The summed E-state index contributed by atoms with van der Waals surface area (Å²) in [6.07, 6.45) is 1.43. The second-order valence-corrected chi connectivity index (χ2v) is 5.33. The van der Waals surface area contributed by atoms with Crippen molar-refractivity contribution in [2.24, 2.45) is 11.7 Å². The fourth-order valence-electron chi connectivity index (χ4n) is 2.58. The molecule has 21 heavy (non-hydrogen) atoms. The molecule has 0 unspecified atom stereocenters. The van der Waals surface area contributed by atoms with E-state index in [2.05, 4.69) is 0 Å². The number of methoxy groups -OCH3 is 1. The number of benzene rings is 1. The van der Waals surface area contributed by atoms with E-state index in [0.717, 1.165) is 0 Å². The van der Waals surface area contributed by atoms with Crippen LogP contribution in [0.5, 0.6) is 5.75 Å². The summed E-state index contributed by atoms with van der Waals surface area (Å²) in [5, 5.41) is 0. The third-order valence-corrected chi connectivity index (χ3v) is 3.91. The first-order chi connectivity index (χ1) is 10.0. The van der Waals surface area contributed by atoms with Gasteiger partial charge < -0.3 is 16.2 Å². The van der Waals surface area contributed by atoms with Gasteiger partial charge in [0.1, 0.15) is 5.75 Å². The van der Waals surface area contributed by atoms with E-state index in [1.807, 2.05) is 4.90 Å². The van der Waals surface area contributed by atoms with Gasteiger partial charge in [0.05, 0.1) is 19.3 Å². The van der Waals surface area contributed by atoms with Crippen molar-refractivity contribution < 1.29 is 14.3 Å². The highest BCUT2D eigenvalue weighted by Crippen LogP contribution is 2.23. The van der Waals surface area contributed by atoms with Gasteiger partial charge in [0.25, 0.3) is 0 Å². The lowest BCUT2D eigenvalue weighted by Gasteiger charge is -2.29. The number of Topliss-reactive ketones (excluding diaryl/α,β-unsaturated/α-hetero) is 1. The van der Waals surface area contributed by atoms with Crippen molar-refractivity contribution in [3.63, 3.8) is 0 Å². The fourth-order valence-corrected chi connectivity index (χ4v) is 2.58. The first kappa shape index (κ1) is 15.3. The lowest BCUT2D eigenvalue weighted by molar-refractivity contribution is -0.123. The Bertz CT molecular complexity index is 537. The lowest BCUT2D eigenvalue weighted by Crippen LogP contribution is -2.40. The fraction of sp³-hybridized carbons (Fsp3) is 0.467. The van der Waals surface area contributed by atoms with Crippen LogP contribution in [0.15, 0.2) is 18.2 Å². The Balaban J connectivity index is 1.93. The maximum atomic E-state index is 12.3. The Hall–Kier alpha value is -2.08. The highest BCUT2D eigenvalue weighted by Gasteiger charge is 2.24. The lowest BCUT2D eigenvalue weighted by atomic mass is 9.96. The zero-order chi connectivity index (χ0) is 15.4. The summed E-state index contributed by atoms with van der Waals surface area (Å²) in [7, 11) is 1.54. The van der Waals surface area contributed by atoms with Crippen molar-refractivity contribution in [3.05, 3.63) is 23.8 Å². The molecule has 1 aromatic carbocycles. The Labute approximate surface area is 124 Å². The molecule has 0 atom stereocenters. The second kappa shape index (κ2) is 6.58. The number of anilines is 1. The van der Waals surface area contributed by atoms with Crippen molar-refractivity contribution in [1.29, 1.82) is 0 Å². The maximum Gasteiger partial charge on any atom is 0.220 e. The molecule has 6 nitrogen and oxygen atoms in total. The van der Waals surface area contributed by atoms with Gasteiger partial charge in [0.15, 0.2) is 5.78 Å². The highest BCUT2D eigenvalue weighted by atomic mass is 16.5. The first-order valence-electron chi connectivity index (χ1n) is 6.99. The maximum absolute atomic E-state index is 12.3. The monoisotopic (exact) mass is 291 g/mol. The van der Waals surface area contributed by atoms with Crippen molar-refractivity contribution in [1.82, 2.24) is 4.90 Å². The molecule has 0 saturated carbocycles. The van der Waals surface area contributed by atoms with Gasteiger partial charge in [-0.05, 0) is 44.1 Å². The number of ether oxygens (including phenoxy) is 1. The van der Waals surface area contributed by atoms with Crippen molar-refractivity contribution in [2.45, 2.75) is 12.8 Å². The summed E-state index contributed by atoms with van der Waals surface area (Å²) in [5.74, 6) is 0.271. The number of carbonyl (C=O) groups excluding carboxylic acids is 2. The number of nitrogen functional groups attached to an aromatic ring is 1. The molecule has 1 heterocycles. The summed E-state index contributed by atoms with van der Waals surface area (Å²) < 4.78 is 5.07. The number of rotatable bonds is 5. The van der Waals surface area contributed by atoms with Crippen molar-refractivity contribution in [3.8, 4) is 5.75 Å². The third-order valence-electron chi connectivity index (χ3n) is 3.91. The van der Waals surface area contributed by atoms with E-state index < -0.39 is 0 Å². The summed E-state index contributed by atoms with van der Waals surface area (Å²) in [6, 6.07) is 5.05. The third kappa shape index (κ3) is 3.72. The SMILES string of the molecule is COc1ccc(C(=O)CN2CCC(C(N)=O)CC2)cc1N. The number of amides is 1. The molecule has 4 N–H and O–H groups in total. The van der Waals surface area contributed by atoms with Gasteiger partial charge in [-0.1, -0.05) is 0 Å². The number of hydrogen-bond donors (Lipinski definition) is 2. The zero-order valence-electron chi connectivity index (χ0n) is 12.2. The Morgan fingerprint density at radius 1 is 1.33 bits per heavy atom. The Morgan fingerprint density at radius 3 is 2.52 bits per heavy atom. The molecule has 1 amide bonds. The molecule has 6 heteroatoms. The predicted molar refractivity (Wildman–Crippen MR) is 80.1 cm³/mol. The normalized spacial score (nSPS) is 16.6. The largest absolute Gasteiger partial charge is 0.495 e. The van der Waals surface area contributed by atoms with Crippen LogP contribution in [-0.2, 0) is 4.79 Å². The van der Waals surface area contributed by atoms with Gasteiger partial charge in [-0.15, -0.1) is 0 Å². The summed E-state index contributed by atoms with van der Waals surface area (Å²) >= 11 is 0. The predicted octanol–water partition coefficient (Wildman–Crippen LogP) is 0.657. The Kier molecular flexibility index (Phi) is 4.80. The highest BCUT2D eigenvalue weighted by molar-refractivity contribution is 5.98. The average molecular weight is 291 g/mol. The van der Waals surface area contributed by atoms with Crippen LogP contribution in [0.25, 0.3) is 0 Å². The van der Waals surface area contributed by atoms with E-state index in [9.17, 15) is 9.59 Å². The van der Waals surface area contributed by atoms with Gasteiger partial charge in [-0.25, -0.2) is 0 Å². The van der Waals surface area contributed by atoms with Crippen molar-refractivity contribution in [2.75, 3.05) is 32.5 Å². The molecule has 2 rings (SSSR count). The molecule has 114 valence electrons. The number of likely N-dealkylation sites (tertiary alicyclic amines) is 1. The van der Waals surface area contributed by atoms with E-state index in [1.54, 1.807) is 18.2 Å². The second-order valence-electron chi connectivity index (χ2n) is 5.33. The van der Waals surface area contributed by atoms with Crippen LogP contribution in [0.2, 0.25) is 0 Å².